The second kappa shape index (κ2) is 4.33. The number of nitrogens with zero attached hydrogens (tertiary/aromatic N) is 2. The lowest BCUT2D eigenvalue weighted by molar-refractivity contribution is -0.383. The molecule has 1 aliphatic rings. The van der Waals surface area contributed by atoms with Gasteiger partial charge in [0.1, 0.15) is 0 Å². The zero-order chi connectivity index (χ0) is 13.5. The number of anilines is 1. The number of hydrogen-bond donors (Lipinski definition) is 1. The van der Waals surface area contributed by atoms with Crippen molar-refractivity contribution in [2.75, 3.05) is 18.0 Å². The molecule has 1 N–H and O–H groups in total. The van der Waals surface area contributed by atoms with E-state index in [1.54, 1.807) is 11.8 Å². The number of thiophene rings is 1. The predicted molar refractivity (Wildman–Crippen MR) is 68.4 cm³/mol. The van der Waals surface area contributed by atoms with Gasteiger partial charge in [-0.05, 0) is 20.3 Å². The van der Waals surface area contributed by atoms with Gasteiger partial charge < -0.3 is 10.0 Å². The summed E-state index contributed by atoms with van der Waals surface area (Å²) < 4.78 is 0. The molecule has 0 amide bonds. The summed E-state index contributed by atoms with van der Waals surface area (Å²) in [5.74, 6) is -0.180. The summed E-state index contributed by atoms with van der Waals surface area (Å²) in [6.07, 6.45) is 0.567. The molecule has 1 atom stereocenters. The molecule has 0 saturated carbocycles. The largest absolute Gasteiger partial charge is 0.388 e. The van der Waals surface area contributed by atoms with Crippen LogP contribution in [0.15, 0.2) is 6.07 Å². The van der Waals surface area contributed by atoms with Gasteiger partial charge in [-0.1, -0.05) is 0 Å². The van der Waals surface area contributed by atoms with E-state index in [0.717, 1.165) is 11.3 Å². The third-order valence-corrected chi connectivity index (χ3v) is 4.26. The molecule has 1 aliphatic heterocycles. The fraction of sp³-hybridized carbons (Fsp3) is 0.545. The molecule has 6 nitrogen and oxygen atoms in total. The van der Waals surface area contributed by atoms with Gasteiger partial charge in [0.05, 0.1) is 15.4 Å². The first-order valence-corrected chi connectivity index (χ1v) is 6.38. The van der Waals surface area contributed by atoms with E-state index in [1.807, 2.05) is 0 Å². The van der Waals surface area contributed by atoms with Crippen LogP contribution in [0.4, 0.5) is 10.7 Å². The summed E-state index contributed by atoms with van der Waals surface area (Å²) >= 11 is 1.12. The van der Waals surface area contributed by atoms with Gasteiger partial charge in [0.15, 0.2) is 10.8 Å². The van der Waals surface area contributed by atoms with E-state index < -0.39 is 10.5 Å². The Labute approximate surface area is 108 Å². The van der Waals surface area contributed by atoms with Crippen molar-refractivity contribution in [2.24, 2.45) is 0 Å². The predicted octanol–water partition coefficient (Wildman–Crippen LogP) is 1.82. The van der Waals surface area contributed by atoms with Crippen molar-refractivity contribution in [1.29, 1.82) is 0 Å². The molecule has 0 aliphatic carbocycles. The van der Waals surface area contributed by atoms with Crippen molar-refractivity contribution in [3.05, 3.63) is 21.1 Å². The van der Waals surface area contributed by atoms with Crippen LogP contribution in [-0.4, -0.2) is 34.5 Å². The zero-order valence-corrected chi connectivity index (χ0v) is 11.0. The van der Waals surface area contributed by atoms with E-state index in [9.17, 15) is 20.0 Å². The number of nitro groups is 1. The summed E-state index contributed by atoms with van der Waals surface area (Å²) in [5, 5.41) is 21.3. The number of rotatable bonds is 3. The topological polar surface area (TPSA) is 83.7 Å². The zero-order valence-electron chi connectivity index (χ0n) is 10.2. The minimum atomic E-state index is -0.825. The van der Waals surface area contributed by atoms with Crippen LogP contribution in [0.1, 0.15) is 29.9 Å². The lowest BCUT2D eigenvalue weighted by Gasteiger charge is -2.18. The molecule has 1 aromatic rings. The second-order valence-corrected chi connectivity index (χ2v) is 5.81. The van der Waals surface area contributed by atoms with Gasteiger partial charge in [-0.15, -0.1) is 11.3 Å². The first-order chi connectivity index (χ1) is 8.30. The molecule has 1 fully saturated rings. The number of carbonyl (C=O) groups is 1. The van der Waals surface area contributed by atoms with Gasteiger partial charge >= 0.3 is 5.69 Å². The van der Waals surface area contributed by atoms with E-state index >= 15 is 0 Å². The number of carbonyl (C=O) groups excluding carboxylic acids is 1. The molecular formula is C11H14N2O4S. The first kappa shape index (κ1) is 13.0. The summed E-state index contributed by atoms with van der Waals surface area (Å²) in [5.41, 5.74) is -0.878. The fourth-order valence-corrected chi connectivity index (χ4v) is 3.07. The molecule has 1 unspecified atom stereocenters. The SMILES string of the molecule is CC(=O)c1cc([N+](=O)[O-])c(N2CCC(C)(O)C2)s1. The highest BCUT2D eigenvalue weighted by atomic mass is 32.1. The van der Waals surface area contributed by atoms with E-state index in [0.29, 0.717) is 29.4 Å². The molecule has 1 saturated heterocycles. The highest BCUT2D eigenvalue weighted by Gasteiger charge is 2.36. The fourth-order valence-electron chi connectivity index (χ4n) is 2.02. The Hall–Kier alpha value is -1.47. The van der Waals surface area contributed by atoms with Crippen LogP contribution in [0.25, 0.3) is 0 Å². The van der Waals surface area contributed by atoms with Crippen LogP contribution in [0.5, 0.6) is 0 Å². The molecule has 2 heterocycles. The summed E-state index contributed by atoms with van der Waals surface area (Å²) in [4.78, 5) is 24.0. The molecule has 18 heavy (non-hydrogen) atoms. The minimum absolute atomic E-state index is 0.0529. The van der Waals surface area contributed by atoms with E-state index in [2.05, 4.69) is 0 Å². The van der Waals surface area contributed by atoms with E-state index in [4.69, 9.17) is 0 Å². The number of Topliss-reactive ketones (excluding diaryl/α,β-unsaturated/α-hetero) is 1. The molecule has 7 heteroatoms. The highest BCUT2D eigenvalue weighted by Crippen LogP contribution is 2.40. The van der Waals surface area contributed by atoms with Crippen molar-refractivity contribution in [3.63, 3.8) is 0 Å². The van der Waals surface area contributed by atoms with Crippen molar-refractivity contribution in [1.82, 2.24) is 0 Å². The Morgan fingerprint density at radius 3 is 2.78 bits per heavy atom. The summed E-state index contributed by atoms with van der Waals surface area (Å²) in [6, 6.07) is 1.31. The Balaban J connectivity index is 2.38. The van der Waals surface area contributed by atoms with Crippen molar-refractivity contribution in [3.8, 4) is 0 Å². The Morgan fingerprint density at radius 2 is 2.33 bits per heavy atom. The molecule has 0 radical (unpaired) electrons. The highest BCUT2D eigenvalue weighted by molar-refractivity contribution is 7.18. The first-order valence-electron chi connectivity index (χ1n) is 5.57. The van der Waals surface area contributed by atoms with Crippen LogP contribution in [0.2, 0.25) is 0 Å². The average Bonchev–Trinajstić information content (AvgIpc) is 2.80. The molecule has 2 rings (SSSR count). The third kappa shape index (κ3) is 2.37. The van der Waals surface area contributed by atoms with Gasteiger partial charge in [0.2, 0.25) is 0 Å². The Kier molecular flexibility index (Phi) is 3.12. The van der Waals surface area contributed by atoms with Crippen molar-refractivity contribution < 1.29 is 14.8 Å². The van der Waals surface area contributed by atoms with Gasteiger partial charge in [0, 0.05) is 19.2 Å². The smallest absolute Gasteiger partial charge is 0.304 e. The monoisotopic (exact) mass is 270 g/mol. The molecule has 1 aromatic heterocycles. The minimum Gasteiger partial charge on any atom is -0.388 e. The Bertz CT molecular complexity index is 509. The van der Waals surface area contributed by atoms with Gasteiger partial charge in [-0.3, -0.25) is 14.9 Å². The number of hydrogen-bond acceptors (Lipinski definition) is 6. The van der Waals surface area contributed by atoms with Crippen LogP contribution in [-0.2, 0) is 0 Å². The molecule has 0 aromatic carbocycles. The van der Waals surface area contributed by atoms with Gasteiger partial charge in [-0.25, -0.2) is 0 Å². The van der Waals surface area contributed by atoms with Crippen LogP contribution in [0.3, 0.4) is 0 Å². The third-order valence-electron chi connectivity index (χ3n) is 2.98. The van der Waals surface area contributed by atoms with Gasteiger partial charge in [0.25, 0.3) is 0 Å². The lowest BCUT2D eigenvalue weighted by atomic mass is 10.1. The van der Waals surface area contributed by atoms with Crippen molar-refractivity contribution >= 4 is 27.8 Å². The maximum Gasteiger partial charge on any atom is 0.304 e. The van der Waals surface area contributed by atoms with Crippen molar-refractivity contribution in [2.45, 2.75) is 25.9 Å². The van der Waals surface area contributed by atoms with E-state index in [-0.39, 0.29) is 11.5 Å². The van der Waals surface area contributed by atoms with Gasteiger partial charge in [-0.2, -0.15) is 0 Å². The Morgan fingerprint density at radius 1 is 1.67 bits per heavy atom. The maximum atomic E-state index is 11.3. The summed E-state index contributed by atoms with van der Waals surface area (Å²) in [6.45, 7) is 4.01. The second-order valence-electron chi connectivity index (χ2n) is 4.78. The number of β-amino-alcohol motifs (C(OH)–C–C–N with tert-alkyl or cyclic N) is 1. The maximum absolute atomic E-state index is 11.3. The summed E-state index contributed by atoms with van der Waals surface area (Å²) in [7, 11) is 0. The van der Waals surface area contributed by atoms with Crippen LogP contribution in [0, 0.1) is 10.1 Å². The number of aliphatic hydroxyl groups is 1. The quantitative estimate of drug-likeness (QED) is 0.514. The average molecular weight is 270 g/mol. The number of ketones is 1. The standard InChI is InChI=1S/C11H14N2O4S/c1-7(14)9-5-8(13(16)17)10(18-9)12-4-3-11(2,15)6-12/h5,15H,3-4,6H2,1-2H3. The van der Waals surface area contributed by atoms with E-state index in [1.165, 1.54) is 13.0 Å². The van der Waals surface area contributed by atoms with Crippen LogP contribution < -0.4 is 4.90 Å². The molecule has 0 bridgehead atoms. The normalized spacial score (nSPS) is 23.4. The van der Waals surface area contributed by atoms with Crippen LogP contribution >= 0.6 is 11.3 Å². The molecular weight excluding hydrogens is 256 g/mol. The molecule has 0 spiro atoms. The molecule has 98 valence electrons. The lowest BCUT2D eigenvalue weighted by Crippen LogP contribution is -2.29.